The summed E-state index contributed by atoms with van der Waals surface area (Å²) < 4.78 is 11.2. The summed E-state index contributed by atoms with van der Waals surface area (Å²) in [6, 6.07) is 6.39. The average molecular weight is 279 g/mol. The van der Waals surface area contributed by atoms with Crippen molar-refractivity contribution in [2.75, 3.05) is 32.9 Å². The number of rotatable bonds is 9. The number of aliphatic hydroxyl groups excluding tert-OH is 1. The van der Waals surface area contributed by atoms with Crippen LogP contribution in [-0.4, -0.2) is 44.1 Å². The summed E-state index contributed by atoms with van der Waals surface area (Å²) in [6.45, 7) is 4.93. The molecule has 1 aromatic rings. The molecule has 112 valence electrons. The van der Waals surface area contributed by atoms with Crippen molar-refractivity contribution in [3.05, 3.63) is 29.3 Å². The molecule has 1 aliphatic carbocycles. The van der Waals surface area contributed by atoms with Crippen LogP contribution in [0.4, 0.5) is 0 Å². The Morgan fingerprint density at radius 1 is 1.20 bits per heavy atom. The van der Waals surface area contributed by atoms with Gasteiger partial charge in [-0.3, -0.25) is 0 Å². The molecule has 1 atom stereocenters. The van der Waals surface area contributed by atoms with E-state index in [9.17, 15) is 0 Å². The molecule has 0 heterocycles. The van der Waals surface area contributed by atoms with Crippen LogP contribution >= 0.6 is 0 Å². The van der Waals surface area contributed by atoms with Crippen LogP contribution in [-0.2, 0) is 17.6 Å². The van der Waals surface area contributed by atoms with Crippen molar-refractivity contribution in [1.29, 1.82) is 0 Å². The molecule has 0 bridgehead atoms. The molecule has 1 aromatic carbocycles. The van der Waals surface area contributed by atoms with Gasteiger partial charge in [0, 0.05) is 13.1 Å². The van der Waals surface area contributed by atoms with E-state index in [4.69, 9.17) is 14.6 Å². The summed E-state index contributed by atoms with van der Waals surface area (Å²) in [5.41, 5.74) is 2.91. The highest BCUT2D eigenvalue weighted by atomic mass is 16.5. The molecule has 0 saturated heterocycles. The average Bonchev–Trinajstić information content (AvgIpc) is 2.89. The molecule has 0 radical (unpaired) electrons. The van der Waals surface area contributed by atoms with Crippen molar-refractivity contribution in [2.24, 2.45) is 0 Å². The summed E-state index contributed by atoms with van der Waals surface area (Å²) in [5, 5.41) is 12.2. The second kappa shape index (κ2) is 8.25. The maximum Gasteiger partial charge on any atom is 0.119 e. The molecule has 4 heteroatoms. The van der Waals surface area contributed by atoms with E-state index in [1.807, 2.05) is 6.07 Å². The fourth-order valence-corrected chi connectivity index (χ4v) is 2.41. The molecular formula is C16H25NO3. The van der Waals surface area contributed by atoms with Crippen molar-refractivity contribution in [2.45, 2.75) is 32.3 Å². The number of fused-ring (bicyclic) bond motifs is 1. The lowest BCUT2D eigenvalue weighted by Gasteiger charge is -2.10. The minimum Gasteiger partial charge on any atom is -0.491 e. The highest BCUT2D eigenvalue weighted by Gasteiger charge is 2.10. The highest BCUT2D eigenvalue weighted by Crippen LogP contribution is 2.25. The van der Waals surface area contributed by atoms with Crippen LogP contribution in [0.15, 0.2) is 18.2 Å². The molecule has 2 rings (SSSR count). The van der Waals surface area contributed by atoms with Crippen LogP contribution in [0.3, 0.4) is 0 Å². The minimum absolute atomic E-state index is 0.307. The molecule has 2 N–H and O–H groups in total. The zero-order valence-electron chi connectivity index (χ0n) is 12.2. The first-order valence-corrected chi connectivity index (χ1v) is 7.47. The van der Waals surface area contributed by atoms with E-state index in [-0.39, 0.29) is 6.10 Å². The Hall–Kier alpha value is -1.10. The van der Waals surface area contributed by atoms with Crippen LogP contribution in [0, 0.1) is 0 Å². The van der Waals surface area contributed by atoms with E-state index in [0.717, 1.165) is 12.3 Å². The molecule has 0 aliphatic heterocycles. The quantitative estimate of drug-likeness (QED) is 0.673. The molecule has 1 unspecified atom stereocenters. The van der Waals surface area contributed by atoms with Gasteiger partial charge in [0.25, 0.3) is 0 Å². The van der Waals surface area contributed by atoms with E-state index in [2.05, 4.69) is 17.4 Å². The second-order valence-electron chi connectivity index (χ2n) is 5.30. The van der Waals surface area contributed by atoms with Gasteiger partial charge in [-0.1, -0.05) is 6.07 Å². The van der Waals surface area contributed by atoms with Gasteiger partial charge in [0.1, 0.15) is 12.4 Å². The number of hydrogen-bond acceptors (Lipinski definition) is 4. The van der Waals surface area contributed by atoms with Crippen molar-refractivity contribution < 1.29 is 14.6 Å². The maximum absolute atomic E-state index is 9.06. The van der Waals surface area contributed by atoms with E-state index in [1.54, 1.807) is 6.92 Å². The van der Waals surface area contributed by atoms with Gasteiger partial charge in [0.15, 0.2) is 0 Å². The first-order chi connectivity index (χ1) is 9.75. The first-order valence-electron chi connectivity index (χ1n) is 7.47. The monoisotopic (exact) mass is 279 g/mol. The van der Waals surface area contributed by atoms with E-state index in [1.165, 1.54) is 30.4 Å². The molecule has 0 saturated carbocycles. The minimum atomic E-state index is -0.307. The molecule has 0 spiro atoms. The normalized spacial score (nSPS) is 15.1. The predicted octanol–water partition coefficient (Wildman–Crippen LogP) is 1.54. The van der Waals surface area contributed by atoms with Crippen LogP contribution in [0.2, 0.25) is 0 Å². The van der Waals surface area contributed by atoms with Gasteiger partial charge < -0.3 is 19.9 Å². The Morgan fingerprint density at radius 3 is 2.90 bits per heavy atom. The summed E-state index contributed by atoms with van der Waals surface area (Å²) in [7, 11) is 0. The van der Waals surface area contributed by atoms with Gasteiger partial charge in [0.2, 0.25) is 0 Å². The molecule has 20 heavy (non-hydrogen) atoms. The molecule has 0 amide bonds. The fourth-order valence-electron chi connectivity index (χ4n) is 2.41. The summed E-state index contributed by atoms with van der Waals surface area (Å²) in [5.74, 6) is 0.946. The topological polar surface area (TPSA) is 50.7 Å². The van der Waals surface area contributed by atoms with Crippen LogP contribution < -0.4 is 10.1 Å². The predicted molar refractivity (Wildman–Crippen MR) is 79.3 cm³/mol. The number of aryl methyl sites for hydroxylation is 2. The van der Waals surface area contributed by atoms with Crippen LogP contribution in [0.5, 0.6) is 5.75 Å². The molecular weight excluding hydrogens is 254 g/mol. The third-order valence-corrected chi connectivity index (χ3v) is 3.43. The summed E-state index contributed by atoms with van der Waals surface area (Å²) in [4.78, 5) is 0. The van der Waals surface area contributed by atoms with E-state index < -0.39 is 0 Å². The van der Waals surface area contributed by atoms with Crippen LogP contribution in [0.1, 0.15) is 24.5 Å². The van der Waals surface area contributed by atoms with Gasteiger partial charge in [-0.15, -0.1) is 0 Å². The van der Waals surface area contributed by atoms with E-state index >= 15 is 0 Å². The lowest BCUT2D eigenvalue weighted by molar-refractivity contribution is 0.0991. The smallest absolute Gasteiger partial charge is 0.119 e. The van der Waals surface area contributed by atoms with Gasteiger partial charge in [-0.2, -0.15) is 0 Å². The third kappa shape index (κ3) is 5.12. The number of nitrogens with one attached hydrogen (secondary N) is 1. The molecule has 1 aliphatic rings. The standard InChI is InChI=1S/C16H25NO3/c1-13(18)12-17-7-8-19-9-10-20-16-6-5-14-3-2-4-15(14)11-16/h5-6,11,13,17-18H,2-4,7-10,12H2,1H3. The zero-order valence-corrected chi connectivity index (χ0v) is 12.2. The molecule has 4 nitrogen and oxygen atoms in total. The van der Waals surface area contributed by atoms with Crippen molar-refractivity contribution >= 4 is 0 Å². The summed E-state index contributed by atoms with van der Waals surface area (Å²) >= 11 is 0. The van der Waals surface area contributed by atoms with Gasteiger partial charge in [-0.25, -0.2) is 0 Å². The van der Waals surface area contributed by atoms with Crippen molar-refractivity contribution in [3.63, 3.8) is 0 Å². The Bertz CT molecular complexity index is 407. The molecule has 0 fully saturated rings. The Morgan fingerprint density at radius 2 is 2.05 bits per heavy atom. The highest BCUT2D eigenvalue weighted by molar-refractivity contribution is 5.38. The second-order valence-corrected chi connectivity index (χ2v) is 5.30. The first kappa shape index (κ1) is 15.3. The molecule has 0 aromatic heterocycles. The summed E-state index contributed by atoms with van der Waals surface area (Å²) in [6.07, 6.45) is 3.34. The number of hydrogen-bond donors (Lipinski definition) is 2. The van der Waals surface area contributed by atoms with Crippen molar-refractivity contribution in [1.82, 2.24) is 5.32 Å². The largest absolute Gasteiger partial charge is 0.491 e. The number of ether oxygens (including phenoxy) is 2. The van der Waals surface area contributed by atoms with E-state index in [0.29, 0.717) is 26.4 Å². The Balaban J connectivity index is 1.53. The van der Waals surface area contributed by atoms with Crippen molar-refractivity contribution in [3.8, 4) is 5.75 Å². The number of benzene rings is 1. The Kier molecular flexibility index (Phi) is 6.30. The van der Waals surface area contributed by atoms with Crippen LogP contribution in [0.25, 0.3) is 0 Å². The fraction of sp³-hybridized carbons (Fsp3) is 0.625. The zero-order chi connectivity index (χ0) is 14.2. The van der Waals surface area contributed by atoms with Gasteiger partial charge >= 0.3 is 0 Å². The lowest BCUT2D eigenvalue weighted by Crippen LogP contribution is -2.28. The maximum atomic E-state index is 9.06. The third-order valence-electron chi connectivity index (χ3n) is 3.43. The van der Waals surface area contributed by atoms with Gasteiger partial charge in [-0.05, 0) is 49.4 Å². The van der Waals surface area contributed by atoms with Gasteiger partial charge in [0.05, 0.1) is 19.3 Å². The lowest BCUT2D eigenvalue weighted by atomic mass is 10.1. The Labute approximate surface area is 121 Å². The number of aliphatic hydroxyl groups is 1. The SMILES string of the molecule is CC(O)CNCCOCCOc1ccc2c(c1)CCC2.